The van der Waals surface area contributed by atoms with Crippen LogP contribution in [0.3, 0.4) is 0 Å². The number of likely N-dealkylation sites (tertiary alicyclic amines) is 1. The summed E-state index contributed by atoms with van der Waals surface area (Å²) in [4.78, 5) is 15.4. The van der Waals surface area contributed by atoms with Gasteiger partial charge in [-0.3, -0.25) is 4.79 Å². The minimum absolute atomic E-state index is 0.274. The van der Waals surface area contributed by atoms with Crippen LogP contribution in [0.25, 0.3) is 0 Å². The number of amides is 1. The second kappa shape index (κ2) is 5.02. The van der Waals surface area contributed by atoms with Crippen molar-refractivity contribution in [3.8, 4) is 0 Å². The molecular weight excluding hydrogens is 246 g/mol. The molecular formula is C14H19NO2S. The SMILES string of the molecule is C[C@H]1C[C@H]2CN(C(=O)Cc3cccs3)CC[C@@H]2O1. The van der Waals surface area contributed by atoms with E-state index in [-0.39, 0.29) is 5.91 Å². The van der Waals surface area contributed by atoms with E-state index in [0.717, 1.165) is 30.8 Å². The average molecular weight is 265 g/mol. The van der Waals surface area contributed by atoms with E-state index < -0.39 is 0 Å². The van der Waals surface area contributed by atoms with E-state index >= 15 is 0 Å². The summed E-state index contributed by atoms with van der Waals surface area (Å²) in [5.41, 5.74) is 0. The molecule has 4 heteroatoms. The Kier molecular flexibility index (Phi) is 3.39. The van der Waals surface area contributed by atoms with Gasteiger partial charge >= 0.3 is 0 Å². The minimum atomic E-state index is 0.274. The van der Waals surface area contributed by atoms with Crippen molar-refractivity contribution in [1.82, 2.24) is 4.90 Å². The van der Waals surface area contributed by atoms with E-state index in [0.29, 0.717) is 24.5 Å². The third kappa shape index (κ3) is 2.45. The van der Waals surface area contributed by atoms with Crippen molar-refractivity contribution in [1.29, 1.82) is 0 Å². The Balaban J connectivity index is 1.59. The molecule has 1 aromatic heterocycles. The molecule has 3 rings (SSSR count). The summed E-state index contributed by atoms with van der Waals surface area (Å²) in [6, 6.07) is 4.04. The fourth-order valence-electron chi connectivity index (χ4n) is 3.10. The van der Waals surface area contributed by atoms with Gasteiger partial charge in [-0.25, -0.2) is 0 Å². The van der Waals surface area contributed by atoms with Gasteiger partial charge in [-0.1, -0.05) is 6.07 Å². The van der Waals surface area contributed by atoms with Gasteiger partial charge in [0, 0.05) is 23.9 Å². The van der Waals surface area contributed by atoms with Crippen LogP contribution in [0.1, 0.15) is 24.6 Å². The lowest BCUT2D eigenvalue weighted by atomic mass is 9.93. The van der Waals surface area contributed by atoms with Crippen LogP contribution in [0.2, 0.25) is 0 Å². The van der Waals surface area contributed by atoms with E-state index in [2.05, 4.69) is 6.92 Å². The van der Waals surface area contributed by atoms with Crippen LogP contribution in [0.4, 0.5) is 0 Å². The number of piperidine rings is 1. The van der Waals surface area contributed by atoms with E-state index in [1.165, 1.54) is 0 Å². The molecule has 0 unspecified atom stereocenters. The van der Waals surface area contributed by atoms with Gasteiger partial charge in [0.25, 0.3) is 0 Å². The van der Waals surface area contributed by atoms with E-state index in [4.69, 9.17) is 4.74 Å². The molecule has 18 heavy (non-hydrogen) atoms. The number of hydrogen-bond donors (Lipinski definition) is 0. The van der Waals surface area contributed by atoms with Gasteiger partial charge in [-0.2, -0.15) is 0 Å². The summed E-state index contributed by atoms with van der Waals surface area (Å²) >= 11 is 1.66. The lowest BCUT2D eigenvalue weighted by Gasteiger charge is -2.34. The highest BCUT2D eigenvalue weighted by molar-refractivity contribution is 7.10. The van der Waals surface area contributed by atoms with E-state index in [1.54, 1.807) is 11.3 Å². The fourth-order valence-corrected chi connectivity index (χ4v) is 3.79. The topological polar surface area (TPSA) is 29.5 Å². The van der Waals surface area contributed by atoms with Crippen LogP contribution in [-0.2, 0) is 16.0 Å². The monoisotopic (exact) mass is 265 g/mol. The van der Waals surface area contributed by atoms with Crippen molar-refractivity contribution < 1.29 is 9.53 Å². The first kappa shape index (κ1) is 12.2. The van der Waals surface area contributed by atoms with Crippen molar-refractivity contribution in [3.63, 3.8) is 0 Å². The number of carbonyl (C=O) groups is 1. The van der Waals surface area contributed by atoms with Crippen LogP contribution in [0, 0.1) is 5.92 Å². The first-order valence-electron chi connectivity index (χ1n) is 6.68. The Morgan fingerprint density at radius 2 is 2.50 bits per heavy atom. The van der Waals surface area contributed by atoms with Gasteiger partial charge in [0.2, 0.25) is 5.91 Å². The summed E-state index contributed by atoms with van der Waals surface area (Å²) < 4.78 is 5.86. The summed E-state index contributed by atoms with van der Waals surface area (Å²) in [5, 5.41) is 2.03. The summed E-state index contributed by atoms with van der Waals surface area (Å²) in [7, 11) is 0. The highest BCUT2D eigenvalue weighted by Crippen LogP contribution is 2.32. The predicted molar refractivity (Wildman–Crippen MR) is 71.7 cm³/mol. The maximum Gasteiger partial charge on any atom is 0.227 e. The number of carbonyl (C=O) groups excluding carboxylic acids is 1. The van der Waals surface area contributed by atoms with Crippen molar-refractivity contribution >= 4 is 17.2 Å². The Labute approximate surface area is 112 Å². The predicted octanol–water partition coefficient (Wildman–Crippen LogP) is 2.32. The number of nitrogens with zero attached hydrogens (tertiary/aromatic N) is 1. The van der Waals surface area contributed by atoms with Gasteiger partial charge in [-0.05, 0) is 31.2 Å². The molecule has 0 N–H and O–H groups in total. The molecule has 3 nitrogen and oxygen atoms in total. The second-order valence-corrected chi connectivity index (χ2v) is 6.40. The van der Waals surface area contributed by atoms with Crippen LogP contribution < -0.4 is 0 Å². The van der Waals surface area contributed by atoms with Crippen molar-refractivity contribution in [2.75, 3.05) is 13.1 Å². The second-order valence-electron chi connectivity index (χ2n) is 5.37. The molecule has 1 amide bonds. The fraction of sp³-hybridized carbons (Fsp3) is 0.643. The van der Waals surface area contributed by atoms with Gasteiger partial charge in [0.05, 0.1) is 18.6 Å². The Bertz CT molecular complexity index is 417. The van der Waals surface area contributed by atoms with Gasteiger partial charge < -0.3 is 9.64 Å². The number of fused-ring (bicyclic) bond motifs is 1. The molecule has 2 saturated heterocycles. The molecule has 1 aromatic rings. The lowest BCUT2D eigenvalue weighted by Crippen LogP contribution is -2.44. The maximum atomic E-state index is 12.2. The smallest absolute Gasteiger partial charge is 0.227 e. The quantitative estimate of drug-likeness (QED) is 0.821. The summed E-state index contributed by atoms with van der Waals surface area (Å²) in [6.07, 6.45) is 3.43. The van der Waals surface area contributed by atoms with E-state index in [9.17, 15) is 4.79 Å². The average Bonchev–Trinajstić information content (AvgIpc) is 2.95. The van der Waals surface area contributed by atoms with Crippen LogP contribution >= 0.6 is 11.3 Å². The zero-order valence-electron chi connectivity index (χ0n) is 10.7. The van der Waals surface area contributed by atoms with Crippen molar-refractivity contribution in [2.45, 2.75) is 38.4 Å². The third-order valence-corrected chi connectivity index (χ3v) is 4.84. The summed E-state index contributed by atoms with van der Waals surface area (Å²) in [6.45, 7) is 3.88. The first-order chi connectivity index (χ1) is 8.72. The highest BCUT2D eigenvalue weighted by Gasteiger charge is 2.38. The van der Waals surface area contributed by atoms with Gasteiger partial charge in [-0.15, -0.1) is 11.3 Å². The molecule has 3 atom stereocenters. The number of thiophene rings is 1. The first-order valence-corrected chi connectivity index (χ1v) is 7.56. The lowest BCUT2D eigenvalue weighted by molar-refractivity contribution is -0.133. The Morgan fingerprint density at radius 3 is 3.28 bits per heavy atom. The molecule has 2 aliphatic heterocycles. The molecule has 0 spiro atoms. The zero-order chi connectivity index (χ0) is 12.5. The van der Waals surface area contributed by atoms with Crippen molar-refractivity contribution in [2.24, 2.45) is 5.92 Å². The molecule has 2 aliphatic rings. The zero-order valence-corrected chi connectivity index (χ0v) is 11.5. The van der Waals surface area contributed by atoms with Crippen LogP contribution in [-0.4, -0.2) is 36.1 Å². The maximum absolute atomic E-state index is 12.2. The number of hydrogen-bond acceptors (Lipinski definition) is 3. The van der Waals surface area contributed by atoms with Crippen molar-refractivity contribution in [3.05, 3.63) is 22.4 Å². The third-order valence-electron chi connectivity index (χ3n) is 3.96. The largest absolute Gasteiger partial charge is 0.375 e. The minimum Gasteiger partial charge on any atom is -0.375 e. The summed E-state index contributed by atoms with van der Waals surface area (Å²) in [5.74, 6) is 0.830. The molecule has 0 radical (unpaired) electrons. The number of rotatable bonds is 2. The molecule has 0 aromatic carbocycles. The van der Waals surface area contributed by atoms with Crippen LogP contribution in [0.5, 0.6) is 0 Å². The molecule has 98 valence electrons. The Morgan fingerprint density at radius 1 is 1.61 bits per heavy atom. The highest BCUT2D eigenvalue weighted by atomic mass is 32.1. The molecule has 0 bridgehead atoms. The normalized spacial score (nSPS) is 31.4. The number of ether oxygens (including phenoxy) is 1. The van der Waals surface area contributed by atoms with Crippen LogP contribution in [0.15, 0.2) is 17.5 Å². The van der Waals surface area contributed by atoms with Gasteiger partial charge in [0.15, 0.2) is 0 Å². The molecule has 0 aliphatic carbocycles. The van der Waals surface area contributed by atoms with E-state index in [1.807, 2.05) is 22.4 Å². The molecule has 3 heterocycles. The van der Waals surface area contributed by atoms with Gasteiger partial charge in [0.1, 0.15) is 0 Å². The molecule has 2 fully saturated rings. The Hall–Kier alpha value is -0.870. The standard InChI is InChI=1S/C14H19NO2S/c1-10-7-11-9-15(5-4-13(11)17-10)14(16)8-12-3-2-6-18-12/h2-3,6,10-11,13H,4-5,7-9H2,1H3/t10-,11-,13-/m0/s1. The molecule has 0 saturated carbocycles.